The molecule has 0 aliphatic rings. The highest BCUT2D eigenvalue weighted by molar-refractivity contribution is 7.50. The number of rotatable bonds is 5. The monoisotopic (exact) mass is 413 g/mol. The maximum Gasteiger partial charge on any atom is 0.333 e. The van der Waals surface area contributed by atoms with Crippen LogP contribution in [0.15, 0.2) is 29.3 Å². The number of fused-ring (bicyclic) bond motifs is 3. The van der Waals surface area contributed by atoms with E-state index in [-0.39, 0.29) is 11.5 Å². The van der Waals surface area contributed by atoms with Crippen molar-refractivity contribution in [3.63, 3.8) is 0 Å². The fraction of sp³-hybridized carbons (Fsp3) is 0.235. The zero-order chi connectivity index (χ0) is 20.8. The number of hydrogen-bond donors (Lipinski definition) is 3. The molecule has 3 N–H and O–H groups in total. The number of aromatic nitrogens is 6. The first kappa shape index (κ1) is 19.0. The Kier molecular flexibility index (Phi) is 4.55. The average Bonchev–Trinajstić information content (AvgIpc) is 3.28. The van der Waals surface area contributed by atoms with Crippen molar-refractivity contribution in [1.82, 2.24) is 29.1 Å². The molecule has 0 bridgehead atoms. The first-order valence-electron chi connectivity index (χ1n) is 8.73. The highest BCUT2D eigenvalue weighted by Crippen LogP contribution is 2.38. The van der Waals surface area contributed by atoms with Crippen LogP contribution in [0, 0.1) is 11.3 Å². The molecule has 0 saturated carbocycles. The van der Waals surface area contributed by atoms with Gasteiger partial charge in [0.25, 0.3) is 5.56 Å². The minimum atomic E-state index is -4.45. The molecule has 11 nitrogen and oxygen atoms in total. The van der Waals surface area contributed by atoms with Gasteiger partial charge in [0.2, 0.25) is 5.65 Å². The minimum absolute atomic E-state index is 0.0421. The molecule has 0 unspecified atom stereocenters. The van der Waals surface area contributed by atoms with Gasteiger partial charge in [-0.1, -0.05) is 6.92 Å². The van der Waals surface area contributed by atoms with Crippen LogP contribution in [0.5, 0.6) is 0 Å². The molecule has 29 heavy (non-hydrogen) atoms. The number of nitrogens with one attached hydrogen (secondary N) is 1. The van der Waals surface area contributed by atoms with Crippen molar-refractivity contribution < 1.29 is 14.4 Å². The third-order valence-electron chi connectivity index (χ3n) is 4.45. The summed E-state index contributed by atoms with van der Waals surface area (Å²) < 4.78 is 14.6. The molecule has 0 amide bonds. The Morgan fingerprint density at radius 3 is 2.76 bits per heavy atom. The van der Waals surface area contributed by atoms with Gasteiger partial charge in [0.15, 0.2) is 0 Å². The molecule has 4 aromatic rings. The zero-order valence-corrected chi connectivity index (χ0v) is 16.2. The molecule has 0 radical (unpaired) electrons. The Bertz CT molecular complexity index is 1390. The number of nitriles is 1. The van der Waals surface area contributed by atoms with Gasteiger partial charge in [-0.05, 0) is 18.6 Å². The molecule has 3 aromatic heterocycles. The standard InChI is InChI=1S/C17H16N7O4P/c1-2-3-14-19-4-5-23(14)12-7-13-11(6-10(12)8-18)20-17(25)16-22-21-15(24(13)16)9-29(26,27)28/h4-7H,2-3,9H2,1H3,(H,20,25)(H2,26,27,28). The van der Waals surface area contributed by atoms with Crippen LogP contribution >= 0.6 is 7.60 Å². The third kappa shape index (κ3) is 3.34. The molecule has 12 heteroatoms. The zero-order valence-electron chi connectivity index (χ0n) is 15.3. The van der Waals surface area contributed by atoms with Gasteiger partial charge in [-0.2, -0.15) is 5.26 Å². The van der Waals surface area contributed by atoms with E-state index in [4.69, 9.17) is 0 Å². The summed E-state index contributed by atoms with van der Waals surface area (Å²) in [5.74, 6) is 0.725. The predicted octanol–water partition coefficient (Wildman–Crippen LogP) is 1.26. The molecule has 3 heterocycles. The summed E-state index contributed by atoms with van der Waals surface area (Å²) in [7, 11) is -4.45. The molecule has 0 aliphatic carbocycles. The SMILES string of the molecule is CCCc1nccn1-c1cc2c(cc1C#N)[nH]c(=O)c1nnc(CP(=O)(O)O)n12. The predicted molar refractivity (Wildman–Crippen MR) is 103 cm³/mol. The highest BCUT2D eigenvalue weighted by Gasteiger charge is 2.22. The van der Waals surface area contributed by atoms with Crippen molar-refractivity contribution in [1.29, 1.82) is 5.26 Å². The van der Waals surface area contributed by atoms with E-state index in [1.165, 1.54) is 10.5 Å². The smallest absolute Gasteiger partial charge is 0.324 e. The average molecular weight is 413 g/mol. The number of H-pyrrole nitrogens is 1. The van der Waals surface area contributed by atoms with Crippen molar-refractivity contribution in [2.45, 2.75) is 25.9 Å². The fourth-order valence-corrected chi connectivity index (χ4v) is 3.87. The van der Waals surface area contributed by atoms with Crippen LogP contribution in [0.4, 0.5) is 0 Å². The summed E-state index contributed by atoms with van der Waals surface area (Å²) in [5, 5.41) is 17.2. The Morgan fingerprint density at radius 1 is 1.28 bits per heavy atom. The largest absolute Gasteiger partial charge is 0.333 e. The molecule has 4 rings (SSSR count). The van der Waals surface area contributed by atoms with Crippen molar-refractivity contribution in [3.05, 3.63) is 52.1 Å². The van der Waals surface area contributed by atoms with E-state index in [1.807, 2.05) is 6.92 Å². The summed E-state index contributed by atoms with van der Waals surface area (Å²) in [6.45, 7) is 2.02. The van der Waals surface area contributed by atoms with E-state index in [1.54, 1.807) is 23.0 Å². The highest BCUT2D eigenvalue weighted by atomic mass is 31.2. The third-order valence-corrected chi connectivity index (χ3v) is 5.15. The van der Waals surface area contributed by atoms with Crippen molar-refractivity contribution in [2.24, 2.45) is 0 Å². The van der Waals surface area contributed by atoms with Gasteiger partial charge < -0.3 is 19.3 Å². The van der Waals surface area contributed by atoms with Gasteiger partial charge in [0, 0.05) is 18.8 Å². The normalized spacial score (nSPS) is 11.9. The van der Waals surface area contributed by atoms with E-state index < -0.39 is 19.3 Å². The van der Waals surface area contributed by atoms with Crippen LogP contribution in [0.25, 0.3) is 22.4 Å². The van der Waals surface area contributed by atoms with E-state index in [2.05, 4.69) is 26.2 Å². The lowest BCUT2D eigenvalue weighted by Gasteiger charge is -2.12. The maximum absolute atomic E-state index is 12.4. The van der Waals surface area contributed by atoms with Crippen molar-refractivity contribution >= 4 is 24.3 Å². The Balaban J connectivity index is 2.08. The van der Waals surface area contributed by atoms with Gasteiger partial charge in [-0.15, -0.1) is 10.2 Å². The summed E-state index contributed by atoms with van der Waals surface area (Å²) in [5.41, 5.74) is 0.923. The van der Waals surface area contributed by atoms with Crippen LogP contribution in [-0.2, 0) is 17.1 Å². The summed E-state index contributed by atoms with van der Waals surface area (Å²) >= 11 is 0. The second-order valence-corrected chi connectivity index (χ2v) is 8.16. The van der Waals surface area contributed by atoms with E-state index in [0.717, 1.165) is 12.2 Å². The maximum atomic E-state index is 12.4. The second kappa shape index (κ2) is 6.93. The Hall–Kier alpha value is -3.32. The van der Waals surface area contributed by atoms with E-state index in [0.29, 0.717) is 28.7 Å². The van der Waals surface area contributed by atoms with Gasteiger partial charge in [0.1, 0.15) is 23.9 Å². The summed E-state index contributed by atoms with van der Waals surface area (Å²) in [6, 6.07) is 5.30. The molecule has 0 fully saturated rings. The summed E-state index contributed by atoms with van der Waals surface area (Å²) in [6.07, 6.45) is 4.26. The molecule has 0 spiro atoms. The summed E-state index contributed by atoms with van der Waals surface area (Å²) in [4.78, 5) is 38.1. The van der Waals surface area contributed by atoms with E-state index >= 15 is 0 Å². The first-order valence-corrected chi connectivity index (χ1v) is 10.5. The molecular formula is C17H16N7O4P. The molecule has 0 atom stereocenters. The van der Waals surface area contributed by atoms with Gasteiger partial charge in [-0.3, -0.25) is 13.8 Å². The van der Waals surface area contributed by atoms with Crippen LogP contribution in [0.3, 0.4) is 0 Å². The van der Waals surface area contributed by atoms with Gasteiger partial charge in [0.05, 0.1) is 22.3 Å². The quantitative estimate of drug-likeness (QED) is 0.412. The number of aryl methyl sites for hydroxylation is 1. The second-order valence-electron chi connectivity index (χ2n) is 6.51. The number of nitrogens with zero attached hydrogens (tertiary/aromatic N) is 6. The molecular weight excluding hydrogens is 397 g/mol. The van der Waals surface area contributed by atoms with Gasteiger partial charge in [-0.25, -0.2) is 4.98 Å². The lowest BCUT2D eigenvalue weighted by molar-refractivity contribution is 0.370. The van der Waals surface area contributed by atoms with Crippen LogP contribution < -0.4 is 5.56 Å². The van der Waals surface area contributed by atoms with Crippen molar-refractivity contribution in [3.8, 4) is 11.8 Å². The van der Waals surface area contributed by atoms with Gasteiger partial charge >= 0.3 is 7.60 Å². The number of benzene rings is 1. The molecule has 0 saturated heterocycles. The van der Waals surface area contributed by atoms with Crippen LogP contribution in [0.2, 0.25) is 0 Å². The number of imidazole rings is 1. The lowest BCUT2D eigenvalue weighted by Crippen LogP contribution is -2.13. The molecule has 148 valence electrons. The Labute approximate surface area is 163 Å². The first-order chi connectivity index (χ1) is 13.8. The molecule has 0 aliphatic heterocycles. The minimum Gasteiger partial charge on any atom is -0.324 e. The number of hydrogen-bond acceptors (Lipinski definition) is 6. The number of aromatic amines is 1. The van der Waals surface area contributed by atoms with Crippen molar-refractivity contribution in [2.75, 3.05) is 0 Å². The topological polar surface area (TPSA) is 162 Å². The van der Waals surface area contributed by atoms with Crippen LogP contribution in [-0.4, -0.2) is 38.9 Å². The molecule has 1 aromatic carbocycles. The lowest BCUT2D eigenvalue weighted by atomic mass is 10.1. The fourth-order valence-electron chi connectivity index (χ4n) is 3.30. The van der Waals surface area contributed by atoms with Crippen LogP contribution in [0.1, 0.15) is 30.6 Å². The van der Waals surface area contributed by atoms with E-state index in [9.17, 15) is 24.4 Å². The Morgan fingerprint density at radius 2 is 2.07 bits per heavy atom.